The van der Waals surface area contributed by atoms with Gasteiger partial charge in [0.05, 0.1) is 16.9 Å². The fraction of sp³-hybridized carbons (Fsp3) is 0.0526. The number of amides is 3. The van der Waals surface area contributed by atoms with E-state index in [1.165, 1.54) is 9.80 Å². The molecule has 0 spiro atoms. The number of carbonyl (C=O) groups excluding carboxylic acids is 4. The van der Waals surface area contributed by atoms with E-state index >= 15 is 0 Å². The Labute approximate surface area is 446 Å². The highest BCUT2D eigenvalue weighted by molar-refractivity contribution is 6.67. The van der Waals surface area contributed by atoms with Crippen molar-refractivity contribution in [2.75, 3.05) is 20.0 Å². The van der Waals surface area contributed by atoms with Crippen molar-refractivity contribution in [3.05, 3.63) is 242 Å². The van der Waals surface area contributed by atoms with Gasteiger partial charge in [0.15, 0.2) is 6.29 Å². The first kappa shape index (κ1) is 58.1. The van der Waals surface area contributed by atoms with Gasteiger partial charge in [0.2, 0.25) is 3.79 Å². The number of alkyl halides is 3. The number of nitrogens with one attached hydrogen (secondary N) is 2. The normalized spacial score (nSPS) is 11.9. The molecule has 0 aliphatic carbocycles. The number of carbonyl (C=O) groups is 4. The summed E-state index contributed by atoms with van der Waals surface area (Å²) in [6, 6.07) is 71.7. The number of hydrogen-bond acceptors (Lipinski definition) is 10. The molecule has 0 saturated carbocycles. The Balaban J connectivity index is 0.000000329. The minimum atomic E-state index is -1.97. The third-order valence-electron chi connectivity index (χ3n) is 10.2. The van der Waals surface area contributed by atoms with E-state index in [9.17, 15) is 19.2 Å². The number of anilines is 8. The molecule has 8 aromatic rings. The number of para-hydroxylation sites is 8. The zero-order chi connectivity index (χ0) is 51.5. The first-order chi connectivity index (χ1) is 34.8. The van der Waals surface area contributed by atoms with Gasteiger partial charge in [-0.2, -0.15) is 0 Å². The number of oxime groups is 1. The Morgan fingerprint density at radius 2 is 0.878 bits per heavy atom. The van der Waals surface area contributed by atoms with Crippen LogP contribution in [0.4, 0.5) is 45.5 Å². The Bertz CT molecular complexity index is 2910. The fourth-order valence-electron chi connectivity index (χ4n) is 6.94. The molecule has 3 amide bonds. The van der Waals surface area contributed by atoms with E-state index in [1.807, 2.05) is 206 Å². The minimum Gasteiger partial charge on any atom is -0.412 e. The molecule has 74 heavy (non-hydrogen) atoms. The smallest absolute Gasteiger partial charge is 0.304 e. The molecule has 2 aliphatic rings. The number of aliphatic hydroxyl groups is 2. The summed E-state index contributed by atoms with van der Waals surface area (Å²) in [6.07, 6.45) is -1.03. The molecule has 0 saturated heterocycles. The van der Waals surface area contributed by atoms with Gasteiger partial charge in [0.1, 0.15) is 11.9 Å². The molecule has 0 fully saturated rings. The summed E-state index contributed by atoms with van der Waals surface area (Å²) in [5.41, 5.74) is 7.86. The van der Waals surface area contributed by atoms with Crippen LogP contribution in [0.5, 0.6) is 0 Å². The lowest BCUT2D eigenvalue weighted by molar-refractivity contribution is -0.114. The molecule has 7 N–H and O–H groups in total. The van der Waals surface area contributed by atoms with Gasteiger partial charge in [-0.3, -0.25) is 39.3 Å². The first-order valence-electron chi connectivity index (χ1n) is 21.8. The van der Waals surface area contributed by atoms with Crippen molar-refractivity contribution in [1.82, 2.24) is 0 Å². The summed E-state index contributed by atoms with van der Waals surface area (Å²) in [4.78, 5) is 52.3. The van der Waals surface area contributed by atoms with Crippen LogP contribution in [0.2, 0.25) is 0 Å². The summed E-state index contributed by atoms with van der Waals surface area (Å²) in [6.45, 7) is 0. The zero-order valence-corrected chi connectivity index (χ0v) is 40.8. The molecule has 0 bridgehead atoms. The Morgan fingerprint density at radius 1 is 0.554 bits per heavy atom. The standard InChI is InChI=1S/C14H12N2O2.C14H10N2O.C14H9NO2.C12H11N.C2H3Cl3O2.CH4.H2O.2H2/c17-14(11-15-18)16(12-7-3-1-4-8-12)13-9-5-2-6-10-13;15-13-11-8-4-5-9-12(11)16(14(13)17)10-6-2-1-3-7-10;16-13-11-8-4-5-9-12(11)15(14(13)17)10-6-2-1-3-7-10;1-3-7-11(8-4-1)13-12-9-5-2-6-10-12;3-2(4,5)1(6)7;;;;/h1-11,18H;1-9,15H;1-9H;1-10,13H;1,6-7H;1H4;1H2;2*1H/b15-11+;;;;;;;;/i;;;;;;;2*1+1. The number of nitrogens with zero attached hydrogens (tertiary/aromatic N) is 4. The van der Waals surface area contributed by atoms with Crippen LogP contribution in [-0.4, -0.2) is 66.4 Å². The largest absolute Gasteiger partial charge is 0.412 e. The number of fused-ring (bicyclic) bond motifs is 2. The van der Waals surface area contributed by atoms with Crippen molar-refractivity contribution in [3.8, 4) is 0 Å². The maximum atomic E-state index is 12.1. The lowest BCUT2D eigenvalue weighted by Gasteiger charge is -2.20. The second-order valence-electron chi connectivity index (χ2n) is 15.1. The predicted octanol–water partition coefficient (Wildman–Crippen LogP) is 12.5. The van der Waals surface area contributed by atoms with E-state index in [-0.39, 0.29) is 27.4 Å². The Hall–Kier alpha value is -8.47. The Kier molecular flexibility index (Phi) is 22.4. The second kappa shape index (κ2) is 28.5. The maximum Gasteiger partial charge on any atom is 0.304 e. The predicted molar refractivity (Wildman–Crippen MR) is 301 cm³/mol. The molecule has 0 aromatic heterocycles. The topological polar surface area (TPSA) is 218 Å². The van der Waals surface area contributed by atoms with Crippen molar-refractivity contribution in [3.63, 3.8) is 0 Å². The zero-order valence-electron chi connectivity index (χ0n) is 38.5. The van der Waals surface area contributed by atoms with E-state index in [2.05, 4.69) is 10.5 Å². The van der Waals surface area contributed by atoms with Gasteiger partial charge in [0, 0.05) is 42.5 Å². The van der Waals surface area contributed by atoms with Crippen molar-refractivity contribution < 1.29 is 42.9 Å². The summed E-state index contributed by atoms with van der Waals surface area (Å²) in [5.74, 6) is -1.60. The molecular weight excluding hydrogens is 1000 g/mol. The van der Waals surface area contributed by atoms with Crippen LogP contribution in [0.1, 0.15) is 26.2 Å². The van der Waals surface area contributed by atoms with E-state index in [0.717, 1.165) is 34.7 Å². The molecular formula is C57H55Cl3N6O8. The molecule has 0 atom stereocenters. The highest BCUT2D eigenvalue weighted by Gasteiger charge is 2.36. The molecule has 0 radical (unpaired) electrons. The highest BCUT2D eigenvalue weighted by atomic mass is 35.6. The van der Waals surface area contributed by atoms with E-state index in [1.54, 1.807) is 29.2 Å². The van der Waals surface area contributed by atoms with Crippen molar-refractivity contribution in [2.24, 2.45) is 5.16 Å². The fourth-order valence-corrected chi connectivity index (χ4v) is 6.94. The molecule has 17 heteroatoms. The average Bonchev–Trinajstić information content (AvgIpc) is 3.82. The number of hydrogen-bond donors (Lipinski definition) is 5. The maximum absolute atomic E-state index is 12.1. The van der Waals surface area contributed by atoms with Gasteiger partial charge in [0.25, 0.3) is 17.6 Å². The van der Waals surface area contributed by atoms with Crippen molar-refractivity contribution >= 4 is 116 Å². The van der Waals surface area contributed by atoms with Crippen LogP contribution in [0, 0.1) is 5.41 Å². The van der Waals surface area contributed by atoms with Crippen LogP contribution in [-0.2, 0) is 14.4 Å². The number of rotatable bonds is 7. The van der Waals surface area contributed by atoms with Crippen LogP contribution < -0.4 is 20.0 Å². The average molecular weight is 1060 g/mol. The van der Waals surface area contributed by atoms with Gasteiger partial charge < -0.3 is 26.2 Å². The second-order valence-corrected chi connectivity index (χ2v) is 17.4. The van der Waals surface area contributed by atoms with Crippen molar-refractivity contribution in [2.45, 2.75) is 17.5 Å². The molecule has 2 aliphatic heterocycles. The minimum absolute atomic E-state index is 0. The van der Waals surface area contributed by atoms with Crippen LogP contribution in [0.3, 0.4) is 0 Å². The number of benzene rings is 8. The molecule has 10 rings (SSSR count). The van der Waals surface area contributed by atoms with Crippen LogP contribution in [0.15, 0.2) is 236 Å². The van der Waals surface area contributed by atoms with Gasteiger partial charge >= 0.3 is 5.91 Å². The third kappa shape index (κ3) is 15.5. The lowest BCUT2D eigenvalue weighted by Crippen LogP contribution is -2.26. The van der Waals surface area contributed by atoms with E-state index in [4.69, 9.17) is 55.6 Å². The van der Waals surface area contributed by atoms with E-state index in [0.29, 0.717) is 28.2 Å². The molecule has 382 valence electrons. The SMILES string of the molecule is C.N=C1C(=O)N(c2ccccc2)c2ccccc21.O.O=C(/C=N/O)N(c1ccccc1)c1ccccc1.O=C1C(=O)N(c2ccccc2)c2ccccc21.OC(O)C(Cl)(Cl)Cl.[2HH].[2HH].c1ccc(Nc2ccccc2)cc1. The highest BCUT2D eigenvalue weighted by Crippen LogP contribution is 2.36. The summed E-state index contributed by atoms with van der Waals surface area (Å²) >= 11 is 14.7. The van der Waals surface area contributed by atoms with Crippen molar-refractivity contribution in [1.29, 1.82) is 5.41 Å². The summed E-state index contributed by atoms with van der Waals surface area (Å²) in [7, 11) is 0. The summed E-state index contributed by atoms with van der Waals surface area (Å²) < 4.78 is -1.97. The number of halogens is 3. The monoisotopic (exact) mass is 1060 g/mol. The molecule has 2 heterocycles. The third-order valence-corrected chi connectivity index (χ3v) is 10.8. The summed E-state index contributed by atoms with van der Waals surface area (Å²) in [5, 5.41) is 38.5. The van der Waals surface area contributed by atoms with Crippen LogP contribution in [0.25, 0.3) is 0 Å². The number of ketones is 1. The van der Waals surface area contributed by atoms with Gasteiger partial charge in [-0.25, -0.2) is 0 Å². The van der Waals surface area contributed by atoms with Gasteiger partial charge in [-0.05, 0) is 91.0 Å². The van der Waals surface area contributed by atoms with Gasteiger partial charge in [-0.1, -0.05) is 187 Å². The van der Waals surface area contributed by atoms with Crippen LogP contribution >= 0.6 is 34.8 Å². The quantitative estimate of drug-likeness (QED) is 0.0258. The molecule has 0 unspecified atom stereocenters. The number of aliphatic hydroxyl groups excluding tert-OH is 1. The number of Topliss-reactive ketones (excluding diaryl/α,β-unsaturated/α-hetero) is 1. The molecule has 14 nitrogen and oxygen atoms in total. The molecule has 8 aromatic carbocycles. The lowest BCUT2D eigenvalue weighted by atomic mass is 10.1. The van der Waals surface area contributed by atoms with E-state index < -0.39 is 27.7 Å². The Morgan fingerprint density at radius 3 is 1.27 bits per heavy atom. The van der Waals surface area contributed by atoms with Gasteiger partial charge in [-0.15, -0.1) is 0 Å². The first-order valence-corrected chi connectivity index (χ1v) is 23.0.